The molecule has 0 aromatic carbocycles. The summed E-state index contributed by atoms with van der Waals surface area (Å²) in [4.78, 5) is 20.4. The van der Waals surface area contributed by atoms with Crippen LogP contribution in [-0.4, -0.2) is 24.7 Å². The minimum atomic E-state index is -0.00347. The largest absolute Gasteiger partial charge is 1.00 e. The molecule has 0 bridgehead atoms. The second-order valence-electron chi connectivity index (χ2n) is 1.94. The molecule has 0 aliphatic heterocycles. The summed E-state index contributed by atoms with van der Waals surface area (Å²) in [5.74, 6) is -0.00694. The minimum absolute atomic E-state index is 0. The van der Waals surface area contributed by atoms with Crippen molar-refractivity contribution in [2.24, 2.45) is 0 Å². The second kappa shape index (κ2) is 7.01. The van der Waals surface area contributed by atoms with Crippen LogP contribution < -0.4 is 18.9 Å². The Hall–Kier alpha value is -0.103. The fourth-order valence-corrected chi connectivity index (χ4v) is 0.371. The summed E-state index contributed by atoms with van der Waals surface area (Å²) in [6.07, 6.45) is 0. The third-order valence-corrected chi connectivity index (χ3v) is 0.669. The van der Waals surface area contributed by atoms with Crippen molar-refractivity contribution in [3.63, 3.8) is 0 Å². The van der Waals surface area contributed by atoms with Gasteiger partial charge in [-0.2, -0.15) is 0 Å². The second-order valence-corrected chi connectivity index (χ2v) is 1.94. The molecule has 52 valence electrons. The van der Waals surface area contributed by atoms with Crippen LogP contribution in [0.4, 0.5) is 0 Å². The summed E-state index contributed by atoms with van der Waals surface area (Å²) in [6, 6.07) is 0. The van der Waals surface area contributed by atoms with Crippen molar-refractivity contribution >= 4 is 11.6 Å². The quantitative estimate of drug-likeness (QED) is 0.401. The zero-order valence-electron chi connectivity index (χ0n) is 6.68. The molecule has 0 atom stereocenters. The van der Waals surface area contributed by atoms with Gasteiger partial charge in [-0.15, -0.1) is 0 Å². The Kier molecular flexibility index (Phi) is 8.81. The Bertz CT molecular complexity index is 111. The van der Waals surface area contributed by atoms with E-state index in [0.29, 0.717) is 0 Å². The van der Waals surface area contributed by atoms with Crippen LogP contribution >= 0.6 is 0 Å². The van der Waals surface area contributed by atoms with Crippen molar-refractivity contribution in [2.45, 2.75) is 13.8 Å². The first-order valence-corrected chi connectivity index (χ1v) is 2.75. The first-order chi connectivity index (χ1) is 4.13. The Labute approximate surface area is 72.7 Å². The van der Waals surface area contributed by atoms with Crippen molar-refractivity contribution in [1.29, 1.82) is 0 Å². The van der Waals surface area contributed by atoms with E-state index in [0.717, 1.165) is 0 Å². The molecular formula is C6H10LiNO2. The average molecular weight is 135 g/mol. The van der Waals surface area contributed by atoms with Gasteiger partial charge in [0.05, 0.1) is 0 Å². The third-order valence-electron chi connectivity index (χ3n) is 0.669. The van der Waals surface area contributed by atoms with Crippen LogP contribution in [0.3, 0.4) is 0 Å². The van der Waals surface area contributed by atoms with E-state index in [4.69, 9.17) is 0 Å². The summed E-state index contributed by atoms with van der Waals surface area (Å²) < 4.78 is 0. The number of nitrogens with zero attached hydrogens (tertiary/aromatic N) is 1. The van der Waals surface area contributed by atoms with Gasteiger partial charge in [-0.25, -0.2) is 0 Å². The Morgan fingerprint density at radius 1 is 1.10 bits per heavy atom. The molecule has 0 N–H and O–H groups in total. The molecule has 0 aromatic heterocycles. The average Bonchev–Trinajstić information content (AvgIpc) is 1.63. The number of ketones is 2. The van der Waals surface area contributed by atoms with Gasteiger partial charge in [0.15, 0.2) is 0 Å². The number of carbonyl (C=O) groups is 2. The number of Topliss-reactive ketones (excluding diaryl/α,β-unsaturated/α-hetero) is 2. The van der Waals surface area contributed by atoms with Gasteiger partial charge < -0.3 is 14.9 Å². The number of carbonyl (C=O) groups excluding carboxylic acids is 2. The van der Waals surface area contributed by atoms with Crippen molar-refractivity contribution in [3.05, 3.63) is 5.32 Å². The fraction of sp³-hybridized carbons (Fsp3) is 0.667. The predicted molar refractivity (Wildman–Crippen MR) is 34.5 cm³/mol. The molecule has 10 heavy (non-hydrogen) atoms. The molecule has 0 aliphatic rings. The minimum Gasteiger partial charge on any atom is -0.650 e. The molecule has 0 spiro atoms. The topological polar surface area (TPSA) is 48.2 Å². The molecule has 0 radical (unpaired) electrons. The molecule has 0 heterocycles. The maximum Gasteiger partial charge on any atom is 1.00 e. The zero-order valence-corrected chi connectivity index (χ0v) is 6.68. The number of hydrogen-bond acceptors (Lipinski definition) is 2. The van der Waals surface area contributed by atoms with Crippen LogP contribution in [0.15, 0.2) is 0 Å². The van der Waals surface area contributed by atoms with E-state index >= 15 is 0 Å². The van der Waals surface area contributed by atoms with Gasteiger partial charge in [0, 0.05) is 0 Å². The molecule has 4 heteroatoms. The van der Waals surface area contributed by atoms with E-state index < -0.39 is 0 Å². The third kappa shape index (κ3) is 10.8. The Balaban J connectivity index is 0. The molecule has 0 saturated carbocycles. The maximum atomic E-state index is 10.2. The van der Waals surface area contributed by atoms with Crippen LogP contribution in [0, 0.1) is 0 Å². The van der Waals surface area contributed by atoms with Crippen molar-refractivity contribution in [2.75, 3.05) is 13.1 Å². The van der Waals surface area contributed by atoms with E-state index in [2.05, 4.69) is 5.32 Å². The van der Waals surface area contributed by atoms with Crippen LogP contribution in [-0.2, 0) is 9.59 Å². The molecule has 0 saturated heterocycles. The summed E-state index contributed by atoms with van der Waals surface area (Å²) in [6.45, 7) is 3.23. The van der Waals surface area contributed by atoms with E-state index in [1.807, 2.05) is 0 Å². The summed E-state index contributed by atoms with van der Waals surface area (Å²) in [5.41, 5.74) is 0. The summed E-state index contributed by atoms with van der Waals surface area (Å²) in [7, 11) is 0. The molecule has 0 unspecified atom stereocenters. The van der Waals surface area contributed by atoms with Crippen LogP contribution in [0.1, 0.15) is 13.8 Å². The van der Waals surface area contributed by atoms with E-state index in [1.54, 1.807) is 0 Å². The molecule has 0 amide bonds. The number of hydrogen-bond donors (Lipinski definition) is 0. The molecule has 0 rings (SSSR count). The van der Waals surface area contributed by atoms with Gasteiger partial charge >= 0.3 is 18.9 Å². The first kappa shape index (κ1) is 12.6. The van der Waals surface area contributed by atoms with E-state index in [1.165, 1.54) is 13.8 Å². The molecule has 0 aromatic rings. The molecule has 3 nitrogen and oxygen atoms in total. The smallest absolute Gasteiger partial charge is 0.650 e. The van der Waals surface area contributed by atoms with E-state index in [-0.39, 0.29) is 43.5 Å². The van der Waals surface area contributed by atoms with Gasteiger partial charge in [0.2, 0.25) is 0 Å². The van der Waals surface area contributed by atoms with Crippen LogP contribution in [0.2, 0.25) is 0 Å². The van der Waals surface area contributed by atoms with Gasteiger partial charge in [-0.1, -0.05) is 13.1 Å². The van der Waals surface area contributed by atoms with Crippen molar-refractivity contribution in [1.82, 2.24) is 0 Å². The standard InChI is InChI=1S/C6H10NO2.Li/c1-5(8)3-7-4-6(2)9;/h3-4H2,1-2H3;/q-1;+1. The van der Waals surface area contributed by atoms with E-state index in [9.17, 15) is 9.59 Å². The predicted octanol–water partition coefficient (Wildman–Crippen LogP) is -2.46. The Morgan fingerprint density at radius 2 is 1.40 bits per heavy atom. The summed E-state index contributed by atoms with van der Waals surface area (Å²) >= 11 is 0. The van der Waals surface area contributed by atoms with Crippen molar-refractivity contribution in [3.8, 4) is 0 Å². The van der Waals surface area contributed by atoms with Gasteiger partial charge in [0.1, 0.15) is 11.6 Å². The monoisotopic (exact) mass is 135 g/mol. The number of rotatable bonds is 4. The van der Waals surface area contributed by atoms with Gasteiger partial charge in [-0.05, 0) is 13.8 Å². The zero-order chi connectivity index (χ0) is 7.28. The molecular weight excluding hydrogens is 125 g/mol. The maximum absolute atomic E-state index is 10.2. The molecule has 0 aliphatic carbocycles. The van der Waals surface area contributed by atoms with Crippen molar-refractivity contribution < 1.29 is 28.4 Å². The Morgan fingerprint density at radius 3 is 1.60 bits per heavy atom. The normalized spacial score (nSPS) is 8.20. The molecule has 0 fully saturated rings. The van der Waals surface area contributed by atoms with Crippen LogP contribution in [0.25, 0.3) is 5.32 Å². The fourth-order valence-electron chi connectivity index (χ4n) is 0.371. The SMILES string of the molecule is CC(=O)C[N-]CC(C)=O.[Li+]. The summed E-state index contributed by atoms with van der Waals surface area (Å²) in [5, 5.41) is 3.67. The van der Waals surface area contributed by atoms with Gasteiger partial charge in [0.25, 0.3) is 0 Å². The van der Waals surface area contributed by atoms with Crippen LogP contribution in [0.5, 0.6) is 0 Å². The first-order valence-electron chi connectivity index (χ1n) is 2.75. The van der Waals surface area contributed by atoms with Gasteiger partial charge in [-0.3, -0.25) is 0 Å².